The predicted octanol–water partition coefficient (Wildman–Crippen LogP) is 2.67. The Balaban J connectivity index is 2.05. The first-order valence-corrected chi connectivity index (χ1v) is 9.55. The highest BCUT2D eigenvalue weighted by molar-refractivity contribution is 7.98. The van der Waals surface area contributed by atoms with Gasteiger partial charge in [-0.1, -0.05) is 18.2 Å². The van der Waals surface area contributed by atoms with Crippen molar-refractivity contribution in [3.05, 3.63) is 54.6 Å². The van der Waals surface area contributed by atoms with Gasteiger partial charge in [-0.2, -0.15) is 4.31 Å². The minimum absolute atomic E-state index is 0.172. The Labute approximate surface area is 140 Å². The summed E-state index contributed by atoms with van der Waals surface area (Å²) in [6.07, 6.45) is 1.92. The normalized spacial score (nSPS) is 11.4. The van der Waals surface area contributed by atoms with E-state index in [0.29, 0.717) is 5.69 Å². The number of hydrogen-bond acceptors (Lipinski definition) is 4. The van der Waals surface area contributed by atoms with Crippen LogP contribution in [0.3, 0.4) is 0 Å². The van der Waals surface area contributed by atoms with Crippen molar-refractivity contribution in [2.24, 2.45) is 0 Å². The average Bonchev–Trinajstić information content (AvgIpc) is 2.55. The molecule has 0 aliphatic heterocycles. The summed E-state index contributed by atoms with van der Waals surface area (Å²) in [5, 5.41) is 2.67. The van der Waals surface area contributed by atoms with E-state index in [-0.39, 0.29) is 17.3 Å². The minimum atomic E-state index is -3.69. The first-order valence-electron chi connectivity index (χ1n) is 6.89. The maximum atomic E-state index is 12.5. The fourth-order valence-corrected chi connectivity index (χ4v) is 3.47. The van der Waals surface area contributed by atoms with E-state index in [1.807, 2.05) is 12.3 Å². The molecule has 1 amide bonds. The number of carbonyl (C=O) groups excluding carboxylic acids is 1. The van der Waals surface area contributed by atoms with Gasteiger partial charge in [-0.3, -0.25) is 4.79 Å². The van der Waals surface area contributed by atoms with E-state index in [0.717, 1.165) is 9.20 Å². The number of para-hydroxylation sites is 1. The number of anilines is 1. The highest BCUT2D eigenvalue weighted by Crippen LogP contribution is 2.19. The van der Waals surface area contributed by atoms with Crippen LogP contribution in [0.15, 0.2) is 64.4 Å². The third kappa shape index (κ3) is 4.57. The molecule has 2 rings (SSSR count). The zero-order chi connectivity index (χ0) is 16.9. The maximum Gasteiger partial charge on any atom is 0.243 e. The summed E-state index contributed by atoms with van der Waals surface area (Å²) in [6.45, 7) is -0.249. The van der Waals surface area contributed by atoms with Gasteiger partial charge in [0.05, 0.1) is 11.4 Å². The fraction of sp³-hybridized carbons (Fsp3) is 0.188. The summed E-state index contributed by atoms with van der Waals surface area (Å²) >= 11 is 1.54. The molecule has 0 saturated heterocycles. The number of sulfonamides is 1. The summed E-state index contributed by atoms with van der Waals surface area (Å²) < 4.78 is 26.0. The molecule has 0 aromatic heterocycles. The molecule has 0 atom stereocenters. The van der Waals surface area contributed by atoms with Crippen molar-refractivity contribution < 1.29 is 13.2 Å². The van der Waals surface area contributed by atoms with Gasteiger partial charge in [0, 0.05) is 17.6 Å². The lowest BCUT2D eigenvalue weighted by Crippen LogP contribution is -2.34. The molecular formula is C16H18N2O3S2. The number of carbonyl (C=O) groups is 1. The van der Waals surface area contributed by atoms with E-state index in [1.165, 1.54) is 18.8 Å². The van der Waals surface area contributed by atoms with E-state index in [1.54, 1.807) is 48.5 Å². The molecule has 1 N–H and O–H groups in total. The second kappa shape index (κ2) is 7.63. The van der Waals surface area contributed by atoms with Crippen LogP contribution in [0.25, 0.3) is 0 Å². The number of hydrogen-bond donors (Lipinski definition) is 1. The monoisotopic (exact) mass is 350 g/mol. The molecule has 0 radical (unpaired) electrons. The van der Waals surface area contributed by atoms with Crippen LogP contribution >= 0.6 is 11.8 Å². The highest BCUT2D eigenvalue weighted by atomic mass is 32.2. The van der Waals surface area contributed by atoms with E-state index in [4.69, 9.17) is 0 Å². The highest BCUT2D eigenvalue weighted by Gasteiger charge is 2.22. The van der Waals surface area contributed by atoms with Crippen molar-refractivity contribution >= 4 is 33.4 Å². The van der Waals surface area contributed by atoms with Crippen LogP contribution in [0.4, 0.5) is 5.69 Å². The average molecular weight is 350 g/mol. The molecule has 2 aromatic carbocycles. The summed E-state index contributed by atoms with van der Waals surface area (Å²) in [5.74, 6) is -0.386. The molecule has 23 heavy (non-hydrogen) atoms. The van der Waals surface area contributed by atoms with Crippen LogP contribution < -0.4 is 5.32 Å². The van der Waals surface area contributed by atoms with Crippen molar-refractivity contribution in [3.8, 4) is 0 Å². The van der Waals surface area contributed by atoms with Crippen molar-refractivity contribution in [2.75, 3.05) is 25.2 Å². The van der Waals surface area contributed by atoms with Gasteiger partial charge in [0.25, 0.3) is 0 Å². The molecule has 122 valence electrons. The van der Waals surface area contributed by atoms with E-state index >= 15 is 0 Å². The number of benzene rings is 2. The van der Waals surface area contributed by atoms with Crippen molar-refractivity contribution in [3.63, 3.8) is 0 Å². The lowest BCUT2D eigenvalue weighted by Gasteiger charge is -2.17. The Kier molecular flexibility index (Phi) is 5.81. The van der Waals surface area contributed by atoms with Crippen LogP contribution in [-0.4, -0.2) is 38.5 Å². The Hall–Kier alpha value is -1.83. The molecule has 0 heterocycles. The van der Waals surface area contributed by atoms with Gasteiger partial charge >= 0.3 is 0 Å². The smallest absolute Gasteiger partial charge is 0.243 e. The summed E-state index contributed by atoms with van der Waals surface area (Å²) in [5.41, 5.74) is 0.632. The zero-order valence-electron chi connectivity index (χ0n) is 12.9. The second-order valence-electron chi connectivity index (χ2n) is 4.85. The summed E-state index contributed by atoms with van der Waals surface area (Å²) in [6, 6.07) is 15.5. The first-order chi connectivity index (χ1) is 10.9. The van der Waals surface area contributed by atoms with Crippen molar-refractivity contribution in [1.82, 2.24) is 4.31 Å². The van der Waals surface area contributed by atoms with Gasteiger partial charge in [-0.15, -0.1) is 11.8 Å². The lowest BCUT2D eigenvalue weighted by molar-refractivity contribution is -0.116. The lowest BCUT2D eigenvalue weighted by atomic mass is 10.3. The topological polar surface area (TPSA) is 66.5 Å². The van der Waals surface area contributed by atoms with Gasteiger partial charge in [0.15, 0.2) is 0 Å². The number of amides is 1. The molecule has 0 aliphatic rings. The second-order valence-corrected chi connectivity index (χ2v) is 7.78. The predicted molar refractivity (Wildman–Crippen MR) is 93.1 cm³/mol. The summed E-state index contributed by atoms with van der Waals surface area (Å²) in [4.78, 5) is 13.1. The molecule has 0 bridgehead atoms. The van der Waals surface area contributed by atoms with Gasteiger partial charge in [-0.25, -0.2) is 8.42 Å². The largest absolute Gasteiger partial charge is 0.325 e. The molecule has 0 saturated carbocycles. The standard InChI is InChI=1S/C16H18N2O3S2/c1-18(12-16(19)17-13-6-4-3-5-7-13)23(20,21)15-10-8-14(22-2)9-11-15/h3-11H,12H2,1-2H3,(H,17,19). The molecule has 0 spiro atoms. The van der Waals surface area contributed by atoms with Crippen molar-refractivity contribution in [1.29, 1.82) is 0 Å². The Morgan fingerprint density at radius 1 is 1.09 bits per heavy atom. The molecular weight excluding hydrogens is 332 g/mol. The Morgan fingerprint density at radius 3 is 2.26 bits per heavy atom. The quantitative estimate of drug-likeness (QED) is 0.814. The molecule has 7 heteroatoms. The number of likely N-dealkylation sites (N-methyl/N-ethyl adjacent to an activating group) is 1. The van der Waals surface area contributed by atoms with Gasteiger partial charge < -0.3 is 5.32 Å². The van der Waals surface area contributed by atoms with Crippen molar-refractivity contribution in [2.45, 2.75) is 9.79 Å². The minimum Gasteiger partial charge on any atom is -0.325 e. The van der Waals surface area contributed by atoms with Gasteiger partial charge in [-0.05, 0) is 42.7 Å². The van der Waals surface area contributed by atoms with Crippen LogP contribution in [0, 0.1) is 0 Å². The van der Waals surface area contributed by atoms with Crippen LogP contribution in [0.2, 0.25) is 0 Å². The van der Waals surface area contributed by atoms with Gasteiger partial charge in [0.2, 0.25) is 15.9 Å². The third-order valence-corrected chi connectivity index (χ3v) is 5.75. The Bertz CT molecular complexity index is 760. The van der Waals surface area contributed by atoms with Crippen LogP contribution in [-0.2, 0) is 14.8 Å². The molecule has 5 nitrogen and oxygen atoms in total. The van der Waals surface area contributed by atoms with E-state index in [9.17, 15) is 13.2 Å². The maximum absolute atomic E-state index is 12.5. The zero-order valence-corrected chi connectivity index (χ0v) is 14.5. The van der Waals surface area contributed by atoms with Gasteiger partial charge in [0.1, 0.15) is 0 Å². The fourth-order valence-electron chi connectivity index (χ4n) is 1.94. The number of nitrogens with zero attached hydrogens (tertiary/aromatic N) is 1. The molecule has 2 aromatic rings. The van der Waals surface area contributed by atoms with E-state index in [2.05, 4.69) is 5.32 Å². The third-order valence-electron chi connectivity index (χ3n) is 3.19. The molecule has 0 fully saturated rings. The summed E-state index contributed by atoms with van der Waals surface area (Å²) in [7, 11) is -2.30. The van der Waals surface area contributed by atoms with Crippen LogP contribution in [0.1, 0.15) is 0 Å². The number of rotatable bonds is 6. The van der Waals surface area contributed by atoms with Crippen LogP contribution in [0.5, 0.6) is 0 Å². The molecule has 0 aliphatic carbocycles. The molecule has 0 unspecified atom stereocenters. The Morgan fingerprint density at radius 2 is 1.70 bits per heavy atom. The number of nitrogens with one attached hydrogen (secondary N) is 1. The number of thioether (sulfide) groups is 1. The first kappa shape index (κ1) is 17.5. The SMILES string of the molecule is CSc1ccc(S(=O)(=O)N(C)CC(=O)Nc2ccccc2)cc1. The van der Waals surface area contributed by atoms with E-state index < -0.39 is 10.0 Å².